The molecule has 2 nitrogen and oxygen atoms in total. The molecule has 4 aromatic rings. The average molecular weight is 514 g/mol. The Morgan fingerprint density at radius 1 is 0.629 bits per heavy atom. The maximum atomic E-state index is 14.5. The van der Waals surface area contributed by atoms with Gasteiger partial charge in [0.05, 0.1) is 5.69 Å². The summed E-state index contributed by atoms with van der Waals surface area (Å²) in [6, 6.07) is 32.6. The second-order valence-electron chi connectivity index (χ2n) is 7.86. The van der Waals surface area contributed by atoms with E-state index in [4.69, 9.17) is 4.52 Å². The minimum Gasteiger partial charge on any atom is -1.00 e. The van der Waals surface area contributed by atoms with Gasteiger partial charge >= 0.3 is 12.1 Å². The van der Waals surface area contributed by atoms with Crippen molar-refractivity contribution < 1.29 is 30.1 Å². The van der Waals surface area contributed by atoms with Crippen molar-refractivity contribution in [2.45, 2.75) is 20.0 Å². The van der Waals surface area contributed by atoms with Crippen LogP contribution in [0, 0.1) is 13.8 Å². The third kappa shape index (κ3) is 5.58. The summed E-state index contributed by atoms with van der Waals surface area (Å²) in [6.45, 7) is 3.49. The Labute approximate surface area is 210 Å². The summed E-state index contributed by atoms with van der Waals surface area (Å²) in [6.07, 6.45) is -4.79. The van der Waals surface area contributed by atoms with Gasteiger partial charge in [-0.1, -0.05) is 72.8 Å². The second kappa shape index (κ2) is 11.1. The maximum Gasteiger partial charge on any atom is 0.473 e. The molecule has 0 aliphatic heterocycles. The van der Waals surface area contributed by atoms with Crippen LogP contribution in [-0.4, -0.2) is 12.1 Å². The van der Waals surface area contributed by atoms with E-state index in [2.05, 4.69) is 4.99 Å². The normalized spacial score (nSPS) is 12.1. The summed E-state index contributed by atoms with van der Waals surface area (Å²) in [5.41, 5.74) is 1.56. The highest BCUT2D eigenvalue weighted by Crippen LogP contribution is 2.57. The Balaban J connectivity index is 0.00000342. The quantitative estimate of drug-likeness (QED) is 0.226. The minimum absolute atomic E-state index is 0. The van der Waals surface area contributed by atoms with Crippen LogP contribution in [0.5, 0.6) is 0 Å². The third-order valence-electron chi connectivity index (χ3n) is 5.48. The largest absolute Gasteiger partial charge is 1.00 e. The van der Waals surface area contributed by atoms with E-state index in [1.165, 1.54) is 0 Å². The molecular formula is C28H24ClF3NOP. The van der Waals surface area contributed by atoms with E-state index >= 15 is 0 Å². The van der Waals surface area contributed by atoms with E-state index < -0.39 is 19.6 Å². The minimum atomic E-state index is -4.79. The van der Waals surface area contributed by atoms with Crippen molar-refractivity contribution in [1.82, 2.24) is 0 Å². The van der Waals surface area contributed by atoms with E-state index in [9.17, 15) is 13.2 Å². The monoisotopic (exact) mass is 513 g/mol. The van der Waals surface area contributed by atoms with E-state index in [1.54, 1.807) is 32.0 Å². The molecule has 0 N–H and O–H groups in total. The van der Waals surface area contributed by atoms with Gasteiger partial charge in [-0.25, -0.2) is 4.99 Å². The Hall–Kier alpha value is -3.14. The van der Waals surface area contributed by atoms with Crippen molar-refractivity contribution in [1.29, 1.82) is 0 Å². The van der Waals surface area contributed by atoms with Crippen molar-refractivity contribution >= 4 is 35.0 Å². The van der Waals surface area contributed by atoms with Gasteiger partial charge in [-0.3, -0.25) is 0 Å². The Morgan fingerprint density at radius 2 is 1.00 bits per heavy atom. The third-order valence-corrected chi connectivity index (χ3v) is 9.00. The standard InChI is InChI=1S/C28H24F3NOP.ClH/c1-21-13-12-14-22(2)26(21)32-27(28(29,30)31)33-34(23-15-6-3-7-16-23,24-17-8-4-9-18-24)25-19-10-5-11-20-25;/h3-20H,1-2H3;1H/q+1;/p-1. The van der Waals surface area contributed by atoms with Gasteiger partial charge in [-0.15, -0.1) is 0 Å². The highest BCUT2D eigenvalue weighted by Gasteiger charge is 2.55. The first-order valence-electron chi connectivity index (χ1n) is 10.8. The van der Waals surface area contributed by atoms with Crippen molar-refractivity contribution in [3.8, 4) is 0 Å². The molecule has 0 unspecified atom stereocenters. The fourth-order valence-electron chi connectivity index (χ4n) is 3.87. The van der Waals surface area contributed by atoms with Gasteiger partial charge < -0.3 is 16.9 Å². The van der Waals surface area contributed by atoms with Gasteiger partial charge in [-0.2, -0.15) is 13.2 Å². The first-order chi connectivity index (χ1) is 16.3. The Morgan fingerprint density at radius 3 is 1.34 bits per heavy atom. The van der Waals surface area contributed by atoms with Gasteiger partial charge in [-0.05, 0) is 61.4 Å². The van der Waals surface area contributed by atoms with Gasteiger partial charge in [0.1, 0.15) is 15.9 Å². The van der Waals surface area contributed by atoms with Gasteiger partial charge in [0.2, 0.25) is 0 Å². The summed E-state index contributed by atoms with van der Waals surface area (Å²) in [5, 5.41) is 2.02. The van der Waals surface area contributed by atoms with Gasteiger partial charge in [0, 0.05) is 0 Å². The molecule has 0 atom stereocenters. The molecule has 0 radical (unpaired) electrons. The van der Waals surface area contributed by atoms with Crippen LogP contribution in [0.1, 0.15) is 11.1 Å². The van der Waals surface area contributed by atoms with Crippen LogP contribution >= 0.6 is 7.49 Å². The number of aryl methyl sites for hydroxylation is 2. The molecule has 0 saturated heterocycles. The van der Waals surface area contributed by atoms with Crippen LogP contribution in [0.4, 0.5) is 18.9 Å². The molecule has 7 heteroatoms. The Kier molecular flexibility index (Phi) is 8.37. The summed E-state index contributed by atoms with van der Waals surface area (Å²) >= 11 is 0. The first kappa shape index (κ1) is 26.5. The molecule has 0 bridgehead atoms. The molecule has 0 heterocycles. The predicted molar refractivity (Wildman–Crippen MR) is 135 cm³/mol. The number of aliphatic imine (C=N–C) groups is 1. The van der Waals surface area contributed by atoms with Gasteiger partial charge in [0.25, 0.3) is 7.49 Å². The fraction of sp³-hybridized carbons (Fsp3) is 0.107. The summed E-state index contributed by atoms with van der Waals surface area (Å²) in [7, 11) is -3.22. The zero-order chi connectivity index (χ0) is 24.2. The van der Waals surface area contributed by atoms with E-state index in [-0.39, 0.29) is 18.1 Å². The second-order valence-corrected chi connectivity index (χ2v) is 10.8. The first-order valence-corrected chi connectivity index (χ1v) is 12.5. The number of halogens is 4. The van der Waals surface area contributed by atoms with Crippen molar-refractivity contribution in [2.24, 2.45) is 4.99 Å². The molecule has 0 amide bonds. The number of alkyl halides is 3. The van der Waals surface area contributed by atoms with Crippen molar-refractivity contribution in [2.75, 3.05) is 0 Å². The highest BCUT2D eigenvalue weighted by molar-refractivity contribution is 7.92. The molecule has 0 aromatic heterocycles. The maximum absolute atomic E-state index is 14.5. The zero-order valence-electron chi connectivity index (χ0n) is 19.2. The average Bonchev–Trinajstić information content (AvgIpc) is 2.84. The molecule has 35 heavy (non-hydrogen) atoms. The van der Waals surface area contributed by atoms with E-state index in [0.717, 1.165) is 0 Å². The number of rotatable bonds is 5. The molecule has 0 spiro atoms. The van der Waals surface area contributed by atoms with Crippen LogP contribution in [0.3, 0.4) is 0 Å². The van der Waals surface area contributed by atoms with Crippen molar-refractivity contribution in [3.63, 3.8) is 0 Å². The topological polar surface area (TPSA) is 21.6 Å². The van der Waals surface area contributed by atoms with Crippen LogP contribution in [-0.2, 0) is 4.52 Å². The molecule has 180 valence electrons. The zero-order valence-corrected chi connectivity index (χ0v) is 20.9. The summed E-state index contributed by atoms with van der Waals surface area (Å²) < 4.78 is 49.7. The lowest BCUT2D eigenvalue weighted by atomic mass is 10.1. The number of benzene rings is 4. The van der Waals surface area contributed by atoms with Crippen LogP contribution < -0.4 is 28.3 Å². The molecule has 0 aliphatic rings. The van der Waals surface area contributed by atoms with Crippen LogP contribution in [0.25, 0.3) is 0 Å². The molecule has 4 rings (SSSR count). The number of para-hydroxylation sites is 1. The molecular weight excluding hydrogens is 490 g/mol. The SMILES string of the molecule is Cc1cccc(C)c1N=C(O[P+](c1ccccc1)(c1ccccc1)c1ccccc1)C(F)(F)F.[Cl-]. The summed E-state index contributed by atoms with van der Waals surface area (Å²) in [5.74, 6) is -1.25. The lowest BCUT2D eigenvalue weighted by molar-refractivity contribution is -0.0703. The highest BCUT2D eigenvalue weighted by atomic mass is 35.5. The number of hydrogen-bond acceptors (Lipinski definition) is 2. The predicted octanol–water partition coefficient (Wildman–Crippen LogP) is 3.83. The lowest BCUT2D eigenvalue weighted by Crippen LogP contribution is -3.00. The van der Waals surface area contributed by atoms with Crippen LogP contribution in [0.15, 0.2) is 114 Å². The van der Waals surface area contributed by atoms with Crippen LogP contribution in [0.2, 0.25) is 0 Å². The lowest BCUT2D eigenvalue weighted by Gasteiger charge is -2.27. The summed E-state index contributed by atoms with van der Waals surface area (Å²) in [4.78, 5) is 4.09. The Bertz CT molecular complexity index is 1160. The molecule has 0 aliphatic carbocycles. The van der Waals surface area contributed by atoms with Gasteiger partial charge in [0.15, 0.2) is 0 Å². The number of nitrogens with zero attached hydrogens (tertiary/aromatic N) is 1. The molecule has 0 saturated carbocycles. The van der Waals surface area contributed by atoms with E-state index in [1.807, 2.05) is 91.0 Å². The molecule has 4 aromatic carbocycles. The van der Waals surface area contributed by atoms with E-state index in [0.29, 0.717) is 27.0 Å². The smallest absolute Gasteiger partial charge is 0.473 e. The fourth-order valence-corrected chi connectivity index (χ4v) is 7.26. The van der Waals surface area contributed by atoms with Crippen molar-refractivity contribution in [3.05, 3.63) is 120 Å². The molecule has 0 fully saturated rings. The number of hydrogen-bond donors (Lipinski definition) is 0.